The van der Waals surface area contributed by atoms with Gasteiger partial charge in [-0.25, -0.2) is 17.2 Å². The first-order valence-electron chi connectivity index (χ1n) is 12.3. The van der Waals surface area contributed by atoms with Crippen molar-refractivity contribution in [2.75, 3.05) is 23.4 Å². The first-order valence-corrected chi connectivity index (χ1v) is 13.8. The van der Waals surface area contributed by atoms with E-state index in [2.05, 4.69) is 20.5 Å². The number of alkyl halides is 3. The van der Waals surface area contributed by atoms with E-state index in [1.54, 1.807) is 0 Å². The first-order chi connectivity index (χ1) is 19.9. The monoisotopic (exact) mass is 609 g/mol. The molecule has 2 aromatic carbocycles. The number of aromatic nitrogens is 3. The van der Waals surface area contributed by atoms with Crippen LogP contribution in [0.5, 0.6) is 0 Å². The van der Waals surface area contributed by atoms with Gasteiger partial charge in [0.05, 0.1) is 32.8 Å². The van der Waals surface area contributed by atoms with Crippen LogP contribution in [0.3, 0.4) is 0 Å². The van der Waals surface area contributed by atoms with E-state index in [9.17, 15) is 40.0 Å². The van der Waals surface area contributed by atoms with Crippen molar-refractivity contribution in [1.29, 1.82) is 0 Å². The number of hydrogen-bond donors (Lipinski definition) is 2. The number of H-pyrrole nitrogens is 1. The summed E-state index contributed by atoms with van der Waals surface area (Å²) in [6.07, 6.45) is -2.93. The Labute approximate surface area is 234 Å². The number of anilines is 2. The van der Waals surface area contributed by atoms with Crippen LogP contribution in [-0.4, -0.2) is 60.8 Å². The maximum absolute atomic E-state index is 13.7. The maximum Gasteiger partial charge on any atom is 0.471 e. The number of hydrogen-bond acceptors (Lipinski definition) is 7. The molecule has 0 radical (unpaired) electrons. The zero-order valence-electron chi connectivity index (χ0n) is 21.3. The van der Waals surface area contributed by atoms with Gasteiger partial charge in [-0.15, -0.1) is 0 Å². The van der Waals surface area contributed by atoms with Gasteiger partial charge in [0.2, 0.25) is 9.84 Å². The standard InChI is InChI=1S/C26H20F5N5O5S/c27-14-9-15(28)11-18(10-14)42(39,40)17-1-2-21-20(12-17)23(35-34-21)33-24(37)19-3-6-32-13-22(19)36(25(38)26(29,30)31)16-4-7-41-8-5-16/h1-3,6,9-13,16H,4-5,7-8H2,(H2,33,34,35,37). The molecule has 5 rings (SSSR count). The van der Waals surface area contributed by atoms with E-state index in [1.165, 1.54) is 12.1 Å². The average molecular weight is 610 g/mol. The third-order valence-corrected chi connectivity index (χ3v) is 8.28. The van der Waals surface area contributed by atoms with Crippen molar-refractivity contribution in [2.45, 2.75) is 34.9 Å². The number of sulfone groups is 1. The number of aromatic amines is 1. The van der Waals surface area contributed by atoms with Crippen LogP contribution < -0.4 is 10.2 Å². The minimum Gasteiger partial charge on any atom is -0.381 e. The van der Waals surface area contributed by atoms with Gasteiger partial charge in [0, 0.05) is 36.9 Å². The first kappa shape index (κ1) is 29.1. The van der Waals surface area contributed by atoms with E-state index >= 15 is 0 Å². The molecule has 0 bridgehead atoms. The van der Waals surface area contributed by atoms with Crippen LogP contribution in [0, 0.1) is 11.6 Å². The molecule has 0 unspecified atom stereocenters. The summed E-state index contributed by atoms with van der Waals surface area (Å²) < 4.78 is 99.6. The molecule has 42 heavy (non-hydrogen) atoms. The summed E-state index contributed by atoms with van der Waals surface area (Å²) >= 11 is 0. The van der Waals surface area contributed by atoms with Gasteiger partial charge in [-0.1, -0.05) is 0 Å². The van der Waals surface area contributed by atoms with Crippen LogP contribution in [0.4, 0.5) is 33.5 Å². The Hall–Kier alpha value is -4.44. The van der Waals surface area contributed by atoms with E-state index in [-0.39, 0.29) is 58.9 Å². The highest BCUT2D eigenvalue weighted by atomic mass is 32.2. The van der Waals surface area contributed by atoms with Crippen molar-refractivity contribution in [2.24, 2.45) is 0 Å². The smallest absolute Gasteiger partial charge is 0.381 e. The molecule has 3 heterocycles. The normalized spacial score (nSPS) is 14.6. The molecule has 1 aliphatic heterocycles. The molecule has 2 N–H and O–H groups in total. The minimum atomic E-state index is -5.24. The Morgan fingerprint density at radius 2 is 1.69 bits per heavy atom. The average Bonchev–Trinajstić information content (AvgIpc) is 3.35. The Kier molecular flexibility index (Phi) is 7.68. The number of ether oxygens (including phenoxy) is 1. The Balaban J connectivity index is 1.51. The van der Waals surface area contributed by atoms with Crippen LogP contribution in [0.1, 0.15) is 23.2 Å². The summed E-state index contributed by atoms with van der Waals surface area (Å²) in [6, 6.07) is 5.62. The van der Waals surface area contributed by atoms with E-state index in [4.69, 9.17) is 4.74 Å². The van der Waals surface area contributed by atoms with E-state index in [0.717, 1.165) is 24.5 Å². The molecule has 16 heteroatoms. The van der Waals surface area contributed by atoms with Crippen molar-refractivity contribution in [3.63, 3.8) is 0 Å². The fraction of sp³-hybridized carbons (Fsp3) is 0.231. The minimum absolute atomic E-state index is 0.0737. The maximum atomic E-state index is 13.7. The molecule has 0 spiro atoms. The zero-order valence-corrected chi connectivity index (χ0v) is 22.1. The second-order valence-corrected chi connectivity index (χ2v) is 11.2. The zero-order chi connectivity index (χ0) is 30.2. The van der Waals surface area contributed by atoms with Gasteiger partial charge in [0.25, 0.3) is 5.91 Å². The van der Waals surface area contributed by atoms with E-state index < -0.39 is 50.4 Å². The fourth-order valence-corrected chi connectivity index (χ4v) is 5.90. The summed E-state index contributed by atoms with van der Waals surface area (Å²) in [4.78, 5) is 29.2. The third-order valence-electron chi connectivity index (χ3n) is 6.54. The van der Waals surface area contributed by atoms with Gasteiger partial charge in [0.1, 0.15) is 11.6 Å². The van der Waals surface area contributed by atoms with Gasteiger partial charge < -0.3 is 10.1 Å². The van der Waals surface area contributed by atoms with Gasteiger partial charge >= 0.3 is 12.1 Å². The highest BCUT2D eigenvalue weighted by Gasteiger charge is 2.46. The predicted molar refractivity (Wildman–Crippen MR) is 137 cm³/mol. The number of halogens is 5. The highest BCUT2D eigenvalue weighted by Crippen LogP contribution is 2.33. The number of nitrogens with zero attached hydrogens (tertiary/aromatic N) is 3. The second kappa shape index (κ2) is 11.1. The molecule has 1 saturated heterocycles. The Bertz CT molecular complexity index is 1770. The lowest BCUT2D eigenvalue weighted by atomic mass is 10.0. The van der Waals surface area contributed by atoms with Crippen molar-refractivity contribution >= 4 is 44.1 Å². The fourth-order valence-electron chi connectivity index (χ4n) is 4.57. The number of amides is 2. The topological polar surface area (TPSA) is 134 Å². The second-order valence-electron chi connectivity index (χ2n) is 9.25. The lowest BCUT2D eigenvalue weighted by molar-refractivity contribution is -0.171. The summed E-state index contributed by atoms with van der Waals surface area (Å²) in [5.74, 6) is -5.53. The highest BCUT2D eigenvalue weighted by molar-refractivity contribution is 7.91. The molecule has 0 saturated carbocycles. The summed E-state index contributed by atoms with van der Waals surface area (Å²) in [5.41, 5.74) is -0.453. The van der Waals surface area contributed by atoms with Crippen molar-refractivity contribution in [3.8, 4) is 0 Å². The molecule has 10 nitrogen and oxygen atoms in total. The number of pyridine rings is 1. The van der Waals surface area contributed by atoms with Crippen LogP contribution in [0.2, 0.25) is 0 Å². The molecule has 1 aliphatic rings. The Morgan fingerprint density at radius 3 is 2.36 bits per heavy atom. The van der Waals surface area contributed by atoms with E-state index in [0.29, 0.717) is 23.1 Å². The SMILES string of the molecule is O=C(Nc1n[nH]c2ccc(S(=O)(=O)c3cc(F)cc(F)c3)cc12)c1ccncc1N(C(=O)C(F)(F)F)C1CCOCC1. The number of rotatable bonds is 6. The molecule has 4 aromatic rings. The van der Waals surface area contributed by atoms with E-state index in [1.807, 2.05) is 0 Å². The molecular weight excluding hydrogens is 589 g/mol. The molecule has 2 aromatic heterocycles. The number of benzene rings is 2. The van der Waals surface area contributed by atoms with Crippen LogP contribution in [-0.2, 0) is 19.4 Å². The van der Waals surface area contributed by atoms with Gasteiger partial charge in [0.15, 0.2) is 5.82 Å². The van der Waals surface area contributed by atoms with Crippen LogP contribution in [0.25, 0.3) is 10.9 Å². The van der Waals surface area contributed by atoms with Gasteiger partial charge in [-0.2, -0.15) is 18.3 Å². The number of carbonyl (C=O) groups excluding carboxylic acids is 2. The molecule has 0 aliphatic carbocycles. The molecule has 220 valence electrons. The van der Waals surface area contributed by atoms with Crippen LogP contribution >= 0.6 is 0 Å². The number of carbonyl (C=O) groups is 2. The molecule has 0 atom stereocenters. The van der Waals surface area contributed by atoms with Crippen LogP contribution in [0.15, 0.2) is 64.6 Å². The quantitative estimate of drug-likeness (QED) is 0.310. The van der Waals surface area contributed by atoms with Crippen molar-refractivity contribution in [1.82, 2.24) is 15.2 Å². The lowest BCUT2D eigenvalue weighted by Gasteiger charge is -2.35. The van der Waals surface area contributed by atoms with Gasteiger partial charge in [-0.05, 0) is 49.2 Å². The lowest BCUT2D eigenvalue weighted by Crippen LogP contribution is -2.50. The molecule has 2 amide bonds. The largest absolute Gasteiger partial charge is 0.471 e. The number of fused-ring (bicyclic) bond motifs is 1. The summed E-state index contributed by atoms with van der Waals surface area (Å²) in [7, 11) is -4.41. The summed E-state index contributed by atoms with van der Waals surface area (Å²) in [5, 5.41) is 9.05. The molecule has 1 fully saturated rings. The summed E-state index contributed by atoms with van der Waals surface area (Å²) in [6.45, 7) is 0.224. The van der Waals surface area contributed by atoms with Crippen molar-refractivity contribution < 1.29 is 44.7 Å². The molecular formula is C26H20F5N5O5S. The Morgan fingerprint density at radius 1 is 1.00 bits per heavy atom. The predicted octanol–water partition coefficient (Wildman–Crippen LogP) is 4.40. The third kappa shape index (κ3) is 5.67. The van der Waals surface area contributed by atoms with Crippen molar-refractivity contribution in [3.05, 3.63) is 72.1 Å². The number of nitrogens with one attached hydrogen (secondary N) is 2. The van der Waals surface area contributed by atoms with Gasteiger partial charge in [-0.3, -0.25) is 24.6 Å².